The number of nitrogens with zero attached hydrogens (tertiary/aromatic N) is 1. The van der Waals surface area contributed by atoms with E-state index in [1.54, 1.807) is 0 Å². The standard InChI is InChI=1S/C20H22ClN3O4S/c1-13-4-2-3-11-24(13)29(27,28)16-8-5-14(6-9-16)20(26)23-18-10-7-15(21)12-17(18)19(22)25/h5-10,12-13H,2-4,11H2,1H3,(H2,22,25)(H,23,26)/t13-/m1/s1. The molecule has 3 N–H and O–H groups in total. The molecule has 0 radical (unpaired) electrons. The van der Waals surface area contributed by atoms with E-state index >= 15 is 0 Å². The molecule has 1 saturated heterocycles. The van der Waals surface area contributed by atoms with Gasteiger partial charge < -0.3 is 11.1 Å². The van der Waals surface area contributed by atoms with E-state index in [-0.39, 0.29) is 27.8 Å². The summed E-state index contributed by atoms with van der Waals surface area (Å²) in [6, 6.07) is 10.1. The number of benzene rings is 2. The Balaban J connectivity index is 1.80. The molecule has 0 unspecified atom stereocenters. The first kappa shape index (κ1) is 21.3. The lowest BCUT2D eigenvalue weighted by atomic mass is 10.1. The summed E-state index contributed by atoms with van der Waals surface area (Å²) in [7, 11) is -3.61. The summed E-state index contributed by atoms with van der Waals surface area (Å²) in [5.74, 6) is -1.22. The highest BCUT2D eigenvalue weighted by atomic mass is 35.5. The number of rotatable bonds is 5. The summed E-state index contributed by atoms with van der Waals surface area (Å²) in [6.07, 6.45) is 2.70. The highest BCUT2D eigenvalue weighted by Gasteiger charge is 2.30. The van der Waals surface area contributed by atoms with Crippen LogP contribution in [0.4, 0.5) is 5.69 Å². The van der Waals surface area contributed by atoms with Crippen molar-refractivity contribution >= 4 is 39.1 Å². The molecule has 0 aromatic heterocycles. The van der Waals surface area contributed by atoms with E-state index in [2.05, 4.69) is 5.32 Å². The van der Waals surface area contributed by atoms with Gasteiger partial charge in [-0.25, -0.2) is 8.42 Å². The van der Waals surface area contributed by atoms with Gasteiger partial charge in [0, 0.05) is 23.2 Å². The number of nitrogens with one attached hydrogen (secondary N) is 1. The van der Waals surface area contributed by atoms with Gasteiger partial charge in [-0.15, -0.1) is 0 Å². The lowest BCUT2D eigenvalue weighted by Gasteiger charge is -2.32. The third-order valence-corrected chi connectivity index (χ3v) is 7.22. The molecule has 154 valence electrons. The molecule has 9 heteroatoms. The lowest BCUT2D eigenvalue weighted by Crippen LogP contribution is -2.41. The molecule has 0 bridgehead atoms. The third kappa shape index (κ3) is 4.60. The van der Waals surface area contributed by atoms with Gasteiger partial charge >= 0.3 is 0 Å². The molecule has 7 nitrogen and oxygen atoms in total. The molecule has 2 aromatic carbocycles. The van der Waals surface area contributed by atoms with Crippen LogP contribution >= 0.6 is 11.6 Å². The summed E-state index contributed by atoms with van der Waals surface area (Å²) in [5.41, 5.74) is 5.89. The predicted molar refractivity (Wildman–Crippen MR) is 112 cm³/mol. The van der Waals surface area contributed by atoms with Crippen molar-refractivity contribution in [2.75, 3.05) is 11.9 Å². The van der Waals surface area contributed by atoms with Crippen LogP contribution in [0.5, 0.6) is 0 Å². The monoisotopic (exact) mass is 435 g/mol. The van der Waals surface area contributed by atoms with Crippen molar-refractivity contribution in [3.8, 4) is 0 Å². The number of piperidine rings is 1. The number of sulfonamides is 1. The average molecular weight is 436 g/mol. The molecule has 1 fully saturated rings. The first-order valence-corrected chi connectivity index (χ1v) is 11.0. The number of amides is 2. The number of hydrogen-bond donors (Lipinski definition) is 2. The Bertz CT molecular complexity index is 1040. The van der Waals surface area contributed by atoms with Crippen molar-refractivity contribution in [1.29, 1.82) is 0 Å². The highest BCUT2D eigenvalue weighted by Crippen LogP contribution is 2.26. The minimum absolute atomic E-state index is 0.0474. The second kappa shape index (κ2) is 8.52. The molecule has 0 spiro atoms. The molecule has 1 atom stereocenters. The predicted octanol–water partition coefficient (Wildman–Crippen LogP) is 3.25. The highest BCUT2D eigenvalue weighted by molar-refractivity contribution is 7.89. The Hall–Kier alpha value is -2.42. The first-order chi connectivity index (χ1) is 13.7. The van der Waals surface area contributed by atoms with Gasteiger partial charge in [-0.1, -0.05) is 18.0 Å². The Morgan fingerprint density at radius 3 is 2.45 bits per heavy atom. The van der Waals surface area contributed by atoms with Crippen molar-refractivity contribution in [3.63, 3.8) is 0 Å². The van der Waals surface area contributed by atoms with Gasteiger partial charge in [0.2, 0.25) is 10.0 Å². The molecule has 2 amide bonds. The van der Waals surface area contributed by atoms with E-state index < -0.39 is 21.8 Å². The lowest BCUT2D eigenvalue weighted by molar-refractivity contribution is 0.100. The minimum atomic E-state index is -3.61. The zero-order valence-electron chi connectivity index (χ0n) is 15.9. The van der Waals surface area contributed by atoms with E-state index in [9.17, 15) is 18.0 Å². The average Bonchev–Trinajstić information content (AvgIpc) is 2.69. The van der Waals surface area contributed by atoms with E-state index in [0.717, 1.165) is 19.3 Å². The van der Waals surface area contributed by atoms with Crippen molar-refractivity contribution in [1.82, 2.24) is 4.31 Å². The second-order valence-corrected chi connectivity index (χ2v) is 9.32. The number of anilines is 1. The van der Waals surface area contributed by atoms with Crippen molar-refractivity contribution in [2.45, 2.75) is 37.1 Å². The Morgan fingerprint density at radius 2 is 1.83 bits per heavy atom. The fraction of sp³-hybridized carbons (Fsp3) is 0.300. The number of primary amides is 1. The quantitative estimate of drug-likeness (QED) is 0.750. The fourth-order valence-corrected chi connectivity index (χ4v) is 5.24. The largest absolute Gasteiger partial charge is 0.366 e. The van der Waals surface area contributed by atoms with Crippen LogP contribution in [0.3, 0.4) is 0 Å². The molecular formula is C20H22ClN3O4S. The van der Waals surface area contributed by atoms with E-state index in [1.165, 1.54) is 46.8 Å². The maximum atomic E-state index is 12.9. The fourth-order valence-electron chi connectivity index (χ4n) is 3.37. The van der Waals surface area contributed by atoms with E-state index in [4.69, 9.17) is 17.3 Å². The van der Waals surface area contributed by atoms with E-state index in [1.807, 2.05) is 6.92 Å². The second-order valence-electron chi connectivity index (χ2n) is 6.99. The molecule has 29 heavy (non-hydrogen) atoms. The number of nitrogens with two attached hydrogens (primary N) is 1. The number of carbonyl (C=O) groups is 2. The minimum Gasteiger partial charge on any atom is -0.366 e. The zero-order chi connectivity index (χ0) is 21.2. The van der Waals surface area contributed by atoms with Gasteiger partial charge in [0.25, 0.3) is 11.8 Å². The number of hydrogen-bond acceptors (Lipinski definition) is 4. The summed E-state index contributed by atoms with van der Waals surface area (Å²) in [4.78, 5) is 24.2. The van der Waals surface area contributed by atoms with Gasteiger partial charge in [0.15, 0.2) is 0 Å². The summed E-state index contributed by atoms with van der Waals surface area (Å²) in [6.45, 7) is 2.40. The van der Waals surface area contributed by atoms with Gasteiger partial charge in [0.05, 0.1) is 16.1 Å². The molecule has 1 heterocycles. The Kier molecular flexibility index (Phi) is 6.26. The van der Waals surface area contributed by atoms with Crippen LogP contribution in [0.2, 0.25) is 5.02 Å². The van der Waals surface area contributed by atoms with Gasteiger partial charge in [0.1, 0.15) is 0 Å². The van der Waals surface area contributed by atoms with Crippen LogP contribution < -0.4 is 11.1 Å². The molecule has 0 saturated carbocycles. The smallest absolute Gasteiger partial charge is 0.255 e. The third-order valence-electron chi connectivity index (χ3n) is 4.96. The number of halogens is 1. The van der Waals surface area contributed by atoms with Gasteiger partial charge in [-0.3, -0.25) is 9.59 Å². The molecular weight excluding hydrogens is 414 g/mol. The van der Waals surface area contributed by atoms with Crippen LogP contribution in [0, 0.1) is 0 Å². The van der Waals surface area contributed by atoms with Crippen molar-refractivity contribution in [2.24, 2.45) is 5.73 Å². The molecule has 3 rings (SSSR count). The van der Waals surface area contributed by atoms with Crippen molar-refractivity contribution in [3.05, 3.63) is 58.6 Å². The van der Waals surface area contributed by atoms with Crippen molar-refractivity contribution < 1.29 is 18.0 Å². The number of carbonyl (C=O) groups excluding carboxylic acids is 2. The first-order valence-electron chi connectivity index (χ1n) is 9.23. The molecule has 2 aromatic rings. The molecule has 1 aliphatic rings. The maximum Gasteiger partial charge on any atom is 0.255 e. The molecule has 1 aliphatic heterocycles. The maximum absolute atomic E-state index is 12.9. The Morgan fingerprint density at radius 1 is 1.14 bits per heavy atom. The normalized spacial score (nSPS) is 17.7. The summed E-state index contributed by atoms with van der Waals surface area (Å²) < 4.78 is 27.3. The van der Waals surface area contributed by atoms with Crippen LogP contribution in [0.15, 0.2) is 47.4 Å². The van der Waals surface area contributed by atoms with Gasteiger partial charge in [-0.05, 0) is 62.2 Å². The summed E-state index contributed by atoms with van der Waals surface area (Å²) >= 11 is 5.87. The Labute approximate surface area is 174 Å². The SMILES string of the molecule is C[C@@H]1CCCCN1S(=O)(=O)c1ccc(C(=O)Nc2ccc(Cl)cc2C(N)=O)cc1. The van der Waals surface area contributed by atoms with Crippen LogP contribution in [-0.2, 0) is 10.0 Å². The van der Waals surface area contributed by atoms with Crippen LogP contribution in [-0.4, -0.2) is 37.1 Å². The van der Waals surface area contributed by atoms with E-state index in [0.29, 0.717) is 11.6 Å². The van der Waals surface area contributed by atoms with Crippen LogP contribution in [0.25, 0.3) is 0 Å². The zero-order valence-corrected chi connectivity index (χ0v) is 17.5. The van der Waals surface area contributed by atoms with Crippen LogP contribution in [0.1, 0.15) is 46.9 Å². The van der Waals surface area contributed by atoms with Gasteiger partial charge in [-0.2, -0.15) is 4.31 Å². The topological polar surface area (TPSA) is 110 Å². The molecule has 0 aliphatic carbocycles. The summed E-state index contributed by atoms with van der Waals surface area (Å²) in [5, 5.41) is 2.92.